The van der Waals surface area contributed by atoms with Crippen LogP contribution in [-0.4, -0.2) is 34.4 Å². The third-order valence-corrected chi connectivity index (χ3v) is 7.32. The van der Waals surface area contributed by atoms with E-state index < -0.39 is 18.2 Å². The van der Waals surface area contributed by atoms with E-state index in [1.807, 2.05) is 12.3 Å². The van der Waals surface area contributed by atoms with E-state index in [0.29, 0.717) is 25.2 Å². The summed E-state index contributed by atoms with van der Waals surface area (Å²) in [5.74, 6) is 0.136. The quantitative estimate of drug-likeness (QED) is 0.401. The number of hydrogen-bond donors (Lipinski definition) is 2. The molecule has 0 unspecified atom stereocenters. The molecule has 5 rings (SSSR count). The molecule has 2 saturated carbocycles. The molecule has 0 bridgehead atoms. The number of carboxylic acids is 1. The van der Waals surface area contributed by atoms with Gasteiger partial charge in [0.25, 0.3) is 0 Å². The van der Waals surface area contributed by atoms with Crippen LogP contribution in [0.15, 0.2) is 42.6 Å². The van der Waals surface area contributed by atoms with Crippen molar-refractivity contribution in [2.24, 2.45) is 0 Å². The number of ether oxygens (including phenoxy) is 2. The van der Waals surface area contributed by atoms with Crippen molar-refractivity contribution in [2.45, 2.75) is 76.1 Å². The molecule has 0 spiro atoms. The number of carbonyl (C=O) groups is 1. The lowest BCUT2D eigenvalue weighted by molar-refractivity contribution is -0.218. The summed E-state index contributed by atoms with van der Waals surface area (Å²) >= 11 is 0. The molecule has 180 valence electrons. The molecule has 2 aliphatic carbocycles. The Balaban J connectivity index is 1.52. The minimum atomic E-state index is -2.85. The van der Waals surface area contributed by atoms with Gasteiger partial charge in [0, 0.05) is 17.5 Å². The topological polar surface area (TPSA) is 71.6 Å². The first-order valence-electron chi connectivity index (χ1n) is 11.8. The molecule has 5 nitrogen and oxygen atoms in total. The van der Waals surface area contributed by atoms with Crippen molar-refractivity contribution in [1.29, 1.82) is 0 Å². The van der Waals surface area contributed by atoms with Gasteiger partial charge in [-0.15, -0.1) is 0 Å². The van der Waals surface area contributed by atoms with E-state index in [1.54, 1.807) is 31.2 Å². The molecule has 2 aromatic carbocycles. The summed E-state index contributed by atoms with van der Waals surface area (Å²) in [6.07, 6.45) is 5.30. The maximum absolute atomic E-state index is 13.2. The van der Waals surface area contributed by atoms with Gasteiger partial charge in [-0.2, -0.15) is 8.78 Å². The van der Waals surface area contributed by atoms with Gasteiger partial charge in [0.05, 0.1) is 16.7 Å². The summed E-state index contributed by atoms with van der Waals surface area (Å²) in [7, 11) is 0. The van der Waals surface area contributed by atoms with Gasteiger partial charge in [0.15, 0.2) is 0 Å². The average molecular weight is 470 g/mol. The van der Waals surface area contributed by atoms with E-state index in [0.717, 1.165) is 35.1 Å². The van der Waals surface area contributed by atoms with Crippen LogP contribution < -0.4 is 4.74 Å². The van der Waals surface area contributed by atoms with Crippen molar-refractivity contribution in [1.82, 2.24) is 4.98 Å². The van der Waals surface area contributed by atoms with Crippen LogP contribution in [0.25, 0.3) is 10.9 Å². The lowest BCUT2D eigenvalue weighted by Crippen LogP contribution is -2.43. The molecule has 7 heteroatoms. The molecular formula is C27H29F2NO4. The van der Waals surface area contributed by atoms with Crippen LogP contribution in [0.4, 0.5) is 8.78 Å². The smallest absolute Gasteiger partial charge is 0.345 e. The summed E-state index contributed by atoms with van der Waals surface area (Å²) in [5, 5.41) is 10.3. The fraction of sp³-hybridized carbons (Fsp3) is 0.444. The van der Waals surface area contributed by atoms with E-state index in [1.165, 1.54) is 11.1 Å². The van der Waals surface area contributed by atoms with Gasteiger partial charge in [-0.25, -0.2) is 4.79 Å². The monoisotopic (exact) mass is 469 g/mol. The Bertz CT molecular complexity index is 1200. The van der Waals surface area contributed by atoms with Gasteiger partial charge in [0.1, 0.15) is 11.9 Å². The van der Waals surface area contributed by atoms with Crippen LogP contribution in [0.1, 0.15) is 77.9 Å². The summed E-state index contributed by atoms with van der Waals surface area (Å²) < 4.78 is 38.2. The highest BCUT2D eigenvalue weighted by molar-refractivity contribution is 5.90. The fourth-order valence-electron chi connectivity index (χ4n) is 5.41. The summed E-state index contributed by atoms with van der Waals surface area (Å²) in [6.45, 7) is 0.963. The van der Waals surface area contributed by atoms with Crippen molar-refractivity contribution < 1.29 is 28.2 Å². The Labute approximate surface area is 197 Å². The van der Waals surface area contributed by atoms with Crippen LogP contribution in [0.2, 0.25) is 0 Å². The largest absolute Gasteiger partial charge is 0.489 e. The van der Waals surface area contributed by atoms with E-state index in [4.69, 9.17) is 9.47 Å². The number of aromatic nitrogens is 1. The molecular weight excluding hydrogens is 440 g/mol. The number of nitrogens with one attached hydrogen (secondary N) is 1. The summed E-state index contributed by atoms with van der Waals surface area (Å²) in [4.78, 5) is 14.6. The fourth-order valence-corrected chi connectivity index (χ4v) is 5.41. The number of rotatable bonds is 7. The van der Waals surface area contributed by atoms with Gasteiger partial charge in [-0.05, 0) is 86.8 Å². The predicted molar refractivity (Wildman–Crippen MR) is 125 cm³/mol. The molecule has 2 fully saturated rings. The highest BCUT2D eigenvalue weighted by atomic mass is 19.3. The van der Waals surface area contributed by atoms with Crippen LogP contribution in [0.5, 0.6) is 5.75 Å². The van der Waals surface area contributed by atoms with Crippen molar-refractivity contribution in [3.8, 4) is 5.75 Å². The van der Waals surface area contributed by atoms with Gasteiger partial charge in [-0.1, -0.05) is 18.2 Å². The number of alkyl halides is 2. The normalized spacial score (nSPS) is 25.1. The molecule has 3 aromatic rings. The number of hydrogen-bond acceptors (Lipinski definition) is 3. The third kappa shape index (κ3) is 4.41. The van der Waals surface area contributed by atoms with Crippen molar-refractivity contribution in [3.63, 3.8) is 0 Å². The van der Waals surface area contributed by atoms with E-state index >= 15 is 0 Å². The third-order valence-electron chi connectivity index (χ3n) is 7.32. The molecule has 3 atom stereocenters. The van der Waals surface area contributed by atoms with Crippen LogP contribution in [0, 0.1) is 6.92 Å². The number of fused-ring (bicyclic) bond motifs is 1. The molecule has 0 radical (unpaired) electrons. The zero-order valence-corrected chi connectivity index (χ0v) is 19.3. The Hall–Kier alpha value is -2.93. The minimum absolute atomic E-state index is 0.187. The van der Waals surface area contributed by atoms with Crippen LogP contribution in [0.3, 0.4) is 0 Å². The van der Waals surface area contributed by atoms with E-state index in [9.17, 15) is 18.7 Å². The second kappa shape index (κ2) is 8.69. The number of H-pyrrole nitrogens is 1. The second-order valence-corrected chi connectivity index (χ2v) is 9.91. The molecule has 0 amide bonds. The van der Waals surface area contributed by atoms with Crippen molar-refractivity contribution in [2.75, 3.05) is 0 Å². The number of aromatic carboxylic acids is 1. The van der Waals surface area contributed by atoms with Crippen molar-refractivity contribution in [3.05, 3.63) is 64.8 Å². The Morgan fingerprint density at radius 2 is 1.91 bits per heavy atom. The van der Waals surface area contributed by atoms with Crippen molar-refractivity contribution >= 4 is 16.9 Å². The number of aryl methyl sites for hydroxylation is 1. The highest BCUT2D eigenvalue weighted by Crippen LogP contribution is 2.50. The van der Waals surface area contributed by atoms with Gasteiger partial charge < -0.3 is 19.6 Å². The first-order valence-corrected chi connectivity index (χ1v) is 11.8. The number of carboxylic acid groups (broad SMARTS) is 1. The number of halogens is 2. The first kappa shape index (κ1) is 22.8. The molecule has 34 heavy (non-hydrogen) atoms. The lowest BCUT2D eigenvalue weighted by atomic mass is 9.74. The number of benzene rings is 2. The molecule has 2 N–H and O–H groups in total. The predicted octanol–water partition coefficient (Wildman–Crippen LogP) is 6.76. The molecule has 1 aromatic heterocycles. The van der Waals surface area contributed by atoms with Gasteiger partial charge in [0.2, 0.25) is 0 Å². The summed E-state index contributed by atoms with van der Waals surface area (Å²) in [5.41, 5.74) is 3.50. The zero-order chi connectivity index (χ0) is 24.0. The molecule has 0 saturated heterocycles. The van der Waals surface area contributed by atoms with Gasteiger partial charge in [-0.3, -0.25) is 0 Å². The van der Waals surface area contributed by atoms with Crippen LogP contribution in [-0.2, 0) is 4.74 Å². The zero-order valence-electron chi connectivity index (χ0n) is 19.3. The molecule has 2 aliphatic rings. The number of aromatic amines is 1. The Kier molecular flexibility index (Phi) is 5.84. The van der Waals surface area contributed by atoms with Crippen LogP contribution >= 0.6 is 0 Å². The Morgan fingerprint density at radius 1 is 1.18 bits per heavy atom. The molecule has 0 aliphatic heterocycles. The summed E-state index contributed by atoms with van der Waals surface area (Å²) in [6, 6.07) is 10.9. The van der Waals surface area contributed by atoms with E-state index in [2.05, 4.69) is 18.0 Å². The highest BCUT2D eigenvalue weighted by Gasteiger charge is 2.43. The maximum atomic E-state index is 13.2. The average Bonchev–Trinajstić information content (AvgIpc) is 3.51. The SMILES string of the molecule is Cc1cc(C2CC2)c(O[C@@H]2CC[C@@](C)(OC(F)F)C[C@H]2c2ccc(C(=O)O)cc2)c2cc[nH]c12. The minimum Gasteiger partial charge on any atom is -0.489 e. The van der Waals surface area contributed by atoms with Gasteiger partial charge >= 0.3 is 12.6 Å². The Morgan fingerprint density at radius 3 is 2.56 bits per heavy atom. The molecule has 1 heterocycles. The first-order chi connectivity index (χ1) is 16.2. The lowest BCUT2D eigenvalue weighted by Gasteiger charge is -2.42. The standard InChI is InChI=1S/C27H29F2NO4/c1-15-13-20(16-3-4-16)24(19-10-12-30-23(15)19)33-22-9-11-27(2,34-26(28)29)14-21(22)17-5-7-18(8-6-17)25(31)32/h5-8,10,12-13,16,21-22,26,30H,3-4,9,11,14H2,1-2H3,(H,31,32)/t21-,22+,27+/m0/s1. The maximum Gasteiger partial charge on any atom is 0.345 e. The van der Waals surface area contributed by atoms with E-state index in [-0.39, 0.29) is 17.6 Å². The second-order valence-electron chi connectivity index (χ2n) is 9.91.